The Morgan fingerprint density at radius 3 is 2.61 bits per heavy atom. The molecule has 3 rings (SSSR count). The van der Waals surface area contributed by atoms with E-state index >= 15 is 0 Å². The lowest BCUT2D eigenvalue weighted by molar-refractivity contribution is -0.140. The lowest BCUT2D eigenvalue weighted by Crippen LogP contribution is -2.57. The fourth-order valence-corrected chi connectivity index (χ4v) is 2.77. The van der Waals surface area contributed by atoms with Crippen LogP contribution in [0.4, 0.5) is 5.69 Å². The Bertz CT molecular complexity index is 500. The molecule has 0 aromatic heterocycles. The van der Waals surface area contributed by atoms with E-state index in [4.69, 9.17) is 11.6 Å². The van der Waals surface area contributed by atoms with Gasteiger partial charge in [-0.05, 0) is 37.1 Å². The van der Waals surface area contributed by atoms with Crippen molar-refractivity contribution in [3.8, 4) is 0 Å². The molecule has 1 atom stereocenters. The molecule has 0 bridgehead atoms. The fourth-order valence-electron chi connectivity index (χ4n) is 2.65. The zero-order valence-electron chi connectivity index (χ0n) is 9.80. The van der Waals surface area contributed by atoms with Crippen molar-refractivity contribution in [2.45, 2.75) is 18.9 Å². The van der Waals surface area contributed by atoms with Crippen LogP contribution in [0.3, 0.4) is 0 Å². The van der Waals surface area contributed by atoms with Crippen molar-refractivity contribution in [1.82, 2.24) is 4.90 Å². The number of benzene rings is 1. The average molecular weight is 265 g/mol. The van der Waals surface area contributed by atoms with Crippen LogP contribution in [0.15, 0.2) is 24.3 Å². The van der Waals surface area contributed by atoms with Crippen LogP contribution in [0.1, 0.15) is 12.8 Å². The van der Waals surface area contributed by atoms with Gasteiger partial charge in [-0.2, -0.15) is 0 Å². The Hall–Kier alpha value is -1.55. The summed E-state index contributed by atoms with van der Waals surface area (Å²) in [6, 6.07) is 6.75. The molecule has 2 saturated heterocycles. The monoisotopic (exact) mass is 264 g/mol. The summed E-state index contributed by atoms with van der Waals surface area (Å²) in [6.07, 6.45) is 1.69. The molecule has 1 aromatic carbocycles. The predicted molar refractivity (Wildman–Crippen MR) is 68.5 cm³/mol. The molecule has 5 heteroatoms. The smallest absolute Gasteiger partial charge is 0.250 e. The lowest BCUT2D eigenvalue weighted by atomic mass is 10.1. The van der Waals surface area contributed by atoms with Crippen LogP contribution in [0.25, 0.3) is 0 Å². The minimum absolute atomic E-state index is 0.0226. The number of halogens is 1. The molecular formula is C13H13ClN2O2. The quantitative estimate of drug-likeness (QED) is 0.774. The largest absolute Gasteiger partial charge is 0.329 e. The minimum atomic E-state index is -0.262. The number of hydrogen-bond donors (Lipinski definition) is 0. The number of amides is 2. The van der Waals surface area contributed by atoms with Crippen molar-refractivity contribution >= 4 is 29.1 Å². The number of carbonyl (C=O) groups is 2. The number of anilines is 1. The molecule has 18 heavy (non-hydrogen) atoms. The van der Waals surface area contributed by atoms with Crippen LogP contribution in [-0.4, -0.2) is 35.8 Å². The number of piperazine rings is 1. The maximum atomic E-state index is 12.3. The summed E-state index contributed by atoms with van der Waals surface area (Å²) in [7, 11) is 0. The molecule has 2 aliphatic rings. The van der Waals surface area contributed by atoms with Crippen LogP contribution in [-0.2, 0) is 9.59 Å². The van der Waals surface area contributed by atoms with Gasteiger partial charge < -0.3 is 9.80 Å². The van der Waals surface area contributed by atoms with E-state index in [9.17, 15) is 9.59 Å². The second kappa shape index (κ2) is 4.28. The summed E-state index contributed by atoms with van der Waals surface area (Å²) in [5.74, 6) is 0.0569. The first kappa shape index (κ1) is 11.5. The molecule has 94 valence electrons. The molecule has 0 aliphatic carbocycles. The second-order valence-corrected chi connectivity index (χ2v) is 5.08. The van der Waals surface area contributed by atoms with E-state index in [0.29, 0.717) is 11.6 Å². The predicted octanol–water partition coefficient (Wildman–Crippen LogP) is 1.68. The minimum Gasteiger partial charge on any atom is -0.329 e. The van der Waals surface area contributed by atoms with E-state index in [2.05, 4.69) is 0 Å². The van der Waals surface area contributed by atoms with Crippen molar-refractivity contribution in [2.24, 2.45) is 0 Å². The number of hydrogen-bond acceptors (Lipinski definition) is 2. The lowest BCUT2D eigenvalue weighted by Gasteiger charge is -2.36. The molecule has 1 unspecified atom stereocenters. The standard InChI is InChI=1S/C13H13ClN2O2/c14-9-3-5-10(6-4-9)16-8-12(17)15-7-1-2-11(15)13(16)18/h3-6,11H,1-2,7-8H2. The van der Waals surface area contributed by atoms with Crippen molar-refractivity contribution in [3.63, 3.8) is 0 Å². The molecule has 4 nitrogen and oxygen atoms in total. The van der Waals surface area contributed by atoms with Gasteiger partial charge in [0, 0.05) is 17.3 Å². The molecule has 0 saturated carbocycles. The summed E-state index contributed by atoms with van der Waals surface area (Å²) in [6.45, 7) is 0.848. The first-order chi connectivity index (χ1) is 8.66. The first-order valence-corrected chi connectivity index (χ1v) is 6.41. The third kappa shape index (κ3) is 1.77. The number of rotatable bonds is 1. The Morgan fingerprint density at radius 2 is 1.89 bits per heavy atom. The third-order valence-electron chi connectivity index (χ3n) is 3.56. The van der Waals surface area contributed by atoms with Crippen molar-refractivity contribution in [3.05, 3.63) is 29.3 Å². The first-order valence-electron chi connectivity index (χ1n) is 6.03. The van der Waals surface area contributed by atoms with Crippen LogP contribution in [0.2, 0.25) is 5.02 Å². The fraction of sp³-hybridized carbons (Fsp3) is 0.385. The zero-order chi connectivity index (χ0) is 12.7. The Labute approximate surface area is 110 Å². The highest BCUT2D eigenvalue weighted by molar-refractivity contribution is 6.30. The number of nitrogens with zero attached hydrogens (tertiary/aromatic N) is 2. The normalized spacial score (nSPS) is 23.5. The van der Waals surface area contributed by atoms with Gasteiger partial charge in [0.05, 0.1) is 0 Å². The molecule has 0 N–H and O–H groups in total. The maximum Gasteiger partial charge on any atom is 0.250 e. The van der Waals surface area contributed by atoms with Gasteiger partial charge in [-0.25, -0.2) is 0 Å². The molecule has 0 radical (unpaired) electrons. The van der Waals surface area contributed by atoms with Crippen LogP contribution in [0.5, 0.6) is 0 Å². The van der Waals surface area contributed by atoms with Crippen molar-refractivity contribution < 1.29 is 9.59 Å². The van der Waals surface area contributed by atoms with Crippen molar-refractivity contribution in [1.29, 1.82) is 0 Å². The molecule has 1 aromatic rings. The summed E-state index contributed by atoms with van der Waals surface area (Å²) in [5, 5.41) is 0.622. The van der Waals surface area contributed by atoms with E-state index in [1.54, 1.807) is 34.1 Å². The zero-order valence-corrected chi connectivity index (χ0v) is 10.6. The third-order valence-corrected chi connectivity index (χ3v) is 3.81. The Balaban J connectivity index is 1.91. The van der Waals surface area contributed by atoms with E-state index in [1.807, 2.05) is 0 Å². The highest BCUT2D eigenvalue weighted by Gasteiger charge is 2.42. The van der Waals surface area contributed by atoms with E-state index in [-0.39, 0.29) is 24.4 Å². The Kier molecular flexibility index (Phi) is 2.74. The number of carbonyl (C=O) groups excluding carboxylic acids is 2. The van der Waals surface area contributed by atoms with Gasteiger partial charge in [0.15, 0.2) is 0 Å². The van der Waals surface area contributed by atoms with E-state index < -0.39 is 0 Å². The topological polar surface area (TPSA) is 40.6 Å². The van der Waals surface area contributed by atoms with E-state index in [1.165, 1.54) is 0 Å². The summed E-state index contributed by atoms with van der Waals surface area (Å²) in [4.78, 5) is 27.6. The molecule has 2 amide bonds. The van der Waals surface area contributed by atoms with Gasteiger partial charge in [-0.15, -0.1) is 0 Å². The van der Waals surface area contributed by atoms with Gasteiger partial charge >= 0.3 is 0 Å². The Morgan fingerprint density at radius 1 is 1.17 bits per heavy atom. The highest BCUT2D eigenvalue weighted by atomic mass is 35.5. The molecule has 2 fully saturated rings. The van der Waals surface area contributed by atoms with Crippen LogP contribution in [0, 0.1) is 0 Å². The molecule has 2 heterocycles. The van der Waals surface area contributed by atoms with Crippen molar-refractivity contribution in [2.75, 3.05) is 18.0 Å². The van der Waals surface area contributed by atoms with Crippen LogP contribution >= 0.6 is 11.6 Å². The SMILES string of the molecule is O=C1C2CCCN2C(=O)CN1c1ccc(Cl)cc1. The molecule has 2 aliphatic heterocycles. The summed E-state index contributed by atoms with van der Waals surface area (Å²) < 4.78 is 0. The van der Waals surface area contributed by atoms with Gasteiger partial charge in [0.1, 0.15) is 12.6 Å². The molecular weight excluding hydrogens is 252 g/mol. The van der Waals surface area contributed by atoms with Gasteiger partial charge in [-0.1, -0.05) is 11.6 Å². The average Bonchev–Trinajstić information content (AvgIpc) is 2.85. The van der Waals surface area contributed by atoms with Gasteiger partial charge in [0.2, 0.25) is 11.8 Å². The second-order valence-electron chi connectivity index (χ2n) is 4.65. The summed E-state index contributed by atoms with van der Waals surface area (Å²) >= 11 is 5.83. The molecule has 0 spiro atoms. The summed E-state index contributed by atoms with van der Waals surface area (Å²) in [5.41, 5.74) is 0.740. The highest BCUT2D eigenvalue weighted by Crippen LogP contribution is 2.27. The number of fused-ring (bicyclic) bond motifs is 1. The van der Waals surface area contributed by atoms with Gasteiger partial charge in [-0.3, -0.25) is 9.59 Å². The van der Waals surface area contributed by atoms with Gasteiger partial charge in [0.25, 0.3) is 0 Å². The van der Waals surface area contributed by atoms with E-state index in [0.717, 1.165) is 18.5 Å². The van der Waals surface area contributed by atoms with Crippen LogP contribution < -0.4 is 4.90 Å². The maximum absolute atomic E-state index is 12.3.